The van der Waals surface area contributed by atoms with E-state index in [1.54, 1.807) is 36.1 Å². The summed E-state index contributed by atoms with van der Waals surface area (Å²) in [5.74, 6) is 0.104. The van der Waals surface area contributed by atoms with E-state index in [1.807, 2.05) is 31.2 Å². The van der Waals surface area contributed by atoms with Gasteiger partial charge in [0.15, 0.2) is 0 Å². The molecule has 0 fully saturated rings. The predicted molar refractivity (Wildman–Crippen MR) is 142 cm³/mol. The fourth-order valence-corrected chi connectivity index (χ4v) is 4.98. The molecule has 35 heavy (non-hydrogen) atoms. The van der Waals surface area contributed by atoms with Crippen LogP contribution in [0.3, 0.4) is 0 Å². The third kappa shape index (κ3) is 8.85. The lowest BCUT2D eigenvalue weighted by molar-refractivity contribution is -0.140. The van der Waals surface area contributed by atoms with Gasteiger partial charge in [-0.25, -0.2) is 8.42 Å². The Labute approximate surface area is 216 Å². The molecule has 0 bridgehead atoms. The van der Waals surface area contributed by atoms with Gasteiger partial charge in [-0.3, -0.25) is 13.9 Å². The fourth-order valence-electron chi connectivity index (χ4n) is 3.58. The first kappa shape index (κ1) is 28.6. The molecule has 2 aromatic rings. The third-order valence-electron chi connectivity index (χ3n) is 5.45. The number of nitrogens with one attached hydrogen (secondary N) is 1. The largest absolute Gasteiger partial charge is 0.497 e. The number of carbonyl (C=O) groups is 2. The molecule has 2 aromatic carbocycles. The average Bonchev–Trinajstić information content (AvgIpc) is 2.82. The topological polar surface area (TPSA) is 96.0 Å². The van der Waals surface area contributed by atoms with Crippen LogP contribution in [0.1, 0.15) is 38.7 Å². The fraction of sp³-hybridized carbons (Fsp3) is 0.440. The predicted octanol–water partition coefficient (Wildman–Crippen LogP) is 3.95. The second-order valence-electron chi connectivity index (χ2n) is 8.26. The molecule has 0 heterocycles. The van der Waals surface area contributed by atoms with E-state index in [2.05, 4.69) is 21.2 Å². The summed E-state index contributed by atoms with van der Waals surface area (Å²) < 4.78 is 32.2. The number of nitrogens with zero attached hydrogens (tertiary/aromatic N) is 2. The maximum absolute atomic E-state index is 13.3. The number of rotatable bonds is 13. The molecule has 192 valence electrons. The molecule has 8 nitrogen and oxygen atoms in total. The van der Waals surface area contributed by atoms with Gasteiger partial charge in [0.05, 0.1) is 19.1 Å². The van der Waals surface area contributed by atoms with Gasteiger partial charge in [-0.15, -0.1) is 0 Å². The maximum Gasteiger partial charge on any atom is 0.242 e. The summed E-state index contributed by atoms with van der Waals surface area (Å²) >= 11 is 3.44. The van der Waals surface area contributed by atoms with Crippen LogP contribution < -0.4 is 14.4 Å². The molecule has 1 atom stereocenters. The molecule has 0 aliphatic rings. The molecule has 2 rings (SSSR count). The lowest BCUT2D eigenvalue weighted by Gasteiger charge is -2.29. The van der Waals surface area contributed by atoms with E-state index < -0.39 is 16.1 Å². The Balaban J connectivity index is 2.16. The van der Waals surface area contributed by atoms with Crippen molar-refractivity contribution in [3.8, 4) is 5.75 Å². The van der Waals surface area contributed by atoms with Crippen LogP contribution >= 0.6 is 15.9 Å². The van der Waals surface area contributed by atoms with Crippen LogP contribution in [-0.4, -0.2) is 57.6 Å². The molecule has 1 N–H and O–H groups in total. The summed E-state index contributed by atoms with van der Waals surface area (Å²) in [5, 5.41) is 2.85. The quantitative estimate of drug-likeness (QED) is 0.395. The number of amides is 2. The highest BCUT2D eigenvalue weighted by atomic mass is 79.9. The number of benzene rings is 2. The van der Waals surface area contributed by atoms with E-state index in [9.17, 15) is 18.0 Å². The number of hydrogen-bond donors (Lipinski definition) is 1. The van der Waals surface area contributed by atoms with Crippen molar-refractivity contribution in [3.05, 3.63) is 58.6 Å². The lowest BCUT2D eigenvalue weighted by Crippen LogP contribution is -2.47. The first-order valence-corrected chi connectivity index (χ1v) is 14.1. The van der Waals surface area contributed by atoms with Crippen LogP contribution in [0.5, 0.6) is 5.75 Å². The van der Waals surface area contributed by atoms with Crippen molar-refractivity contribution in [3.63, 3.8) is 0 Å². The summed E-state index contributed by atoms with van der Waals surface area (Å²) in [4.78, 5) is 27.5. The van der Waals surface area contributed by atoms with Gasteiger partial charge >= 0.3 is 0 Å². The Hall–Kier alpha value is -2.59. The number of sulfonamides is 1. The molecule has 0 unspecified atom stereocenters. The number of halogens is 1. The van der Waals surface area contributed by atoms with Gasteiger partial charge < -0.3 is 15.0 Å². The number of hydrogen-bond acceptors (Lipinski definition) is 5. The van der Waals surface area contributed by atoms with Crippen molar-refractivity contribution in [1.29, 1.82) is 0 Å². The first-order chi connectivity index (χ1) is 16.6. The second kappa shape index (κ2) is 13.5. The highest BCUT2D eigenvalue weighted by Crippen LogP contribution is 2.24. The average molecular weight is 569 g/mol. The summed E-state index contributed by atoms with van der Waals surface area (Å²) in [6, 6.07) is 13.7. The summed E-state index contributed by atoms with van der Waals surface area (Å²) in [6.07, 6.45) is 2.31. The molecule has 0 aliphatic heterocycles. The number of anilines is 1. The van der Waals surface area contributed by atoms with Crippen molar-refractivity contribution in [2.75, 3.05) is 30.8 Å². The summed E-state index contributed by atoms with van der Waals surface area (Å²) in [6.45, 7) is 4.60. The standard InChI is InChI=1S/C25H34BrN3O5S/c1-5-14-27-25(31)19(2)28(18-20-9-6-10-21(26)16-20)24(30)13-8-15-29(35(4,32)33)22-11-7-12-23(17-22)34-3/h6-7,9-12,16-17,19H,5,8,13-15,18H2,1-4H3,(H,27,31)/t19-/m0/s1. The summed E-state index contributed by atoms with van der Waals surface area (Å²) in [5.41, 5.74) is 1.36. The third-order valence-corrected chi connectivity index (χ3v) is 7.14. The van der Waals surface area contributed by atoms with Crippen molar-refractivity contribution >= 4 is 43.5 Å². The van der Waals surface area contributed by atoms with Gasteiger partial charge in [0.2, 0.25) is 21.8 Å². The molecule has 0 aliphatic carbocycles. The molecule has 2 amide bonds. The van der Waals surface area contributed by atoms with Crippen LogP contribution in [0.25, 0.3) is 0 Å². The monoisotopic (exact) mass is 567 g/mol. The molecule has 0 aromatic heterocycles. The molecule has 0 spiro atoms. The van der Waals surface area contributed by atoms with Gasteiger partial charge in [-0.1, -0.05) is 41.1 Å². The Morgan fingerprint density at radius 1 is 1.14 bits per heavy atom. The zero-order valence-corrected chi connectivity index (χ0v) is 23.1. The number of carbonyl (C=O) groups excluding carboxylic acids is 2. The maximum atomic E-state index is 13.3. The Morgan fingerprint density at radius 2 is 1.86 bits per heavy atom. The van der Waals surface area contributed by atoms with E-state index in [0.717, 1.165) is 22.7 Å². The van der Waals surface area contributed by atoms with Gasteiger partial charge in [0, 0.05) is 36.6 Å². The number of ether oxygens (including phenoxy) is 1. The van der Waals surface area contributed by atoms with Crippen molar-refractivity contribution in [1.82, 2.24) is 10.2 Å². The highest BCUT2D eigenvalue weighted by molar-refractivity contribution is 9.10. The van der Waals surface area contributed by atoms with Gasteiger partial charge in [-0.05, 0) is 49.6 Å². The van der Waals surface area contributed by atoms with E-state index in [0.29, 0.717) is 24.4 Å². The van der Waals surface area contributed by atoms with Crippen LogP contribution in [0.2, 0.25) is 0 Å². The van der Waals surface area contributed by atoms with E-state index in [-0.39, 0.29) is 31.3 Å². The minimum atomic E-state index is -3.57. The molecule has 0 saturated heterocycles. The minimum Gasteiger partial charge on any atom is -0.497 e. The molecule has 10 heteroatoms. The highest BCUT2D eigenvalue weighted by Gasteiger charge is 2.26. The Kier molecular flexibility index (Phi) is 11.0. The van der Waals surface area contributed by atoms with Crippen LogP contribution in [-0.2, 0) is 26.2 Å². The Bertz CT molecular complexity index is 1110. The molecule has 0 saturated carbocycles. The molecular formula is C25H34BrN3O5S. The van der Waals surface area contributed by atoms with Gasteiger partial charge in [-0.2, -0.15) is 0 Å². The molecular weight excluding hydrogens is 534 g/mol. The normalized spacial score (nSPS) is 12.0. The Morgan fingerprint density at radius 3 is 2.49 bits per heavy atom. The smallest absolute Gasteiger partial charge is 0.242 e. The first-order valence-electron chi connectivity index (χ1n) is 11.5. The minimum absolute atomic E-state index is 0.0926. The van der Waals surface area contributed by atoms with E-state index >= 15 is 0 Å². The van der Waals surface area contributed by atoms with Crippen LogP contribution in [0.15, 0.2) is 53.0 Å². The van der Waals surface area contributed by atoms with Crippen LogP contribution in [0.4, 0.5) is 5.69 Å². The van der Waals surface area contributed by atoms with Crippen molar-refractivity contribution < 1.29 is 22.7 Å². The van der Waals surface area contributed by atoms with Gasteiger partial charge in [0.25, 0.3) is 0 Å². The SMILES string of the molecule is CCCNC(=O)[C@H](C)N(Cc1cccc(Br)c1)C(=O)CCCN(c1cccc(OC)c1)S(C)(=O)=O. The zero-order chi connectivity index (χ0) is 26.0. The second-order valence-corrected chi connectivity index (χ2v) is 11.1. The zero-order valence-electron chi connectivity index (χ0n) is 20.7. The lowest BCUT2D eigenvalue weighted by atomic mass is 10.1. The number of methoxy groups -OCH3 is 1. The van der Waals surface area contributed by atoms with Crippen molar-refractivity contribution in [2.24, 2.45) is 0 Å². The van der Waals surface area contributed by atoms with Crippen molar-refractivity contribution in [2.45, 2.75) is 45.7 Å². The summed E-state index contributed by atoms with van der Waals surface area (Å²) in [7, 11) is -2.06. The van der Waals surface area contributed by atoms with Crippen LogP contribution in [0, 0.1) is 0 Å². The van der Waals surface area contributed by atoms with E-state index in [4.69, 9.17) is 4.74 Å². The van der Waals surface area contributed by atoms with Gasteiger partial charge in [0.1, 0.15) is 11.8 Å². The molecule has 0 radical (unpaired) electrons. The van der Waals surface area contributed by atoms with E-state index in [1.165, 1.54) is 11.4 Å².